The van der Waals surface area contributed by atoms with Crippen molar-refractivity contribution in [1.29, 1.82) is 0 Å². The number of benzene rings is 1. The van der Waals surface area contributed by atoms with Crippen molar-refractivity contribution in [3.63, 3.8) is 0 Å². The molecular formula is C22H22N6O3. The normalized spacial score (nSPS) is 13.9. The fraction of sp³-hybridized carbons (Fsp3) is 0.273. The lowest BCUT2D eigenvalue weighted by atomic mass is 10.1. The second kappa shape index (κ2) is 8.47. The van der Waals surface area contributed by atoms with Gasteiger partial charge >= 0.3 is 0 Å². The minimum absolute atomic E-state index is 0.234. The molecule has 2 amide bonds. The summed E-state index contributed by atoms with van der Waals surface area (Å²) in [6.07, 6.45) is 4.38. The summed E-state index contributed by atoms with van der Waals surface area (Å²) >= 11 is 0. The Morgan fingerprint density at radius 3 is 2.23 bits per heavy atom. The van der Waals surface area contributed by atoms with Gasteiger partial charge in [-0.25, -0.2) is 9.67 Å². The number of carbonyl (C=O) groups is 3. The summed E-state index contributed by atoms with van der Waals surface area (Å²) < 4.78 is 1.67. The number of carbonyl (C=O) groups excluding carboxylic acids is 3. The van der Waals surface area contributed by atoms with E-state index in [2.05, 4.69) is 15.1 Å². The minimum atomic E-state index is -0.578. The number of Topliss-reactive ketones (excluding diaryl/α,β-unsaturated/α-hetero) is 1. The molecule has 1 aliphatic rings. The Labute approximate surface area is 179 Å². The summed E-state index contributed by atoms with van der Waals surface area (Å²) in [6.45, 7) is 4.73. The van der Waals surface area contributed by atoms with Crippen LogP contribution in [0, 0.1) is 13.8 Å². The van der Waals surface area contributed by atoms with Crippen molar-refractivity contribution in [3.05, 3.63) is 71.6 Å². The number of nitrogens with zero attached hydrogens (tertiary/aromatic N) is 6. The lowest BCUT2D eigenvalue weighted by molar-refractivity contribution is -0.127. The van der Waals surface area contributed by atoms with Gasteiger partial charge in [-0.2, -0.15) is 5.10 Å². The fourth-order valence-electron chi connectivity index (χ4n) is 3.73. The number of ketones is 1. The standard InChI is InChI=1S/C22H22N6O3/c1-15-19(16(2)28(25-15)17-6-4-3-5-7-17)20(29)22(31)27-12-10-26(11-13-27)21(30)18-14-23-8-9-24-18/h3-9,14H,10-13H2,1-2H3. The van der Waals surface area contributed by atoms with Crippen LogP contribution >= 0.6 is 0 Å². The molecule has 0 radical (unpaired) electrons. The van der Waals surface area contributed by atoms with Crippen LogP contribution in [-0.4, -0.2) is 73.3 Å². The molecule has 0 bridgehead atoms. The van der Waals surface area contributed by atoms with Crippen LogP contribution in [0.25, 0.3) is 5.69 Å². The van der Waals surface area contributed by atoms with E-state index in [1.165, 1.54) is 23.5 Å². The zero-order valence-corrected chi connectivity index (χ0v) is 17.4. The highest BCUT2D eigenvalue weighted by molar-refractivity contribution is 6.43. The van der Waals surface area contributed by atoms with Crippen molar-refractivity contribution >= 4 is 17.6 Å². The Hall–Kier alpha value is -3.88. The molecule has 2 aromatic heterocycles. The maximum Gasteiger partial charge on any atom is 0.295 e. The lowest BCUT2D eigenvalue weighted by Crippen LogP contribution is -2.52. The summed E-state index contributed by atoms with van der Waals surface area (Å²) in [4.78, 5) is 49.5. The summed E-state index contributed by atoms with van der Waals surface area (Å²) in [5, 5.41) is 4.46. The summed E-state index contributed by atoms with van der Waals surface area (Å²) in [5.41, 5.74) is 2.55. The molecule has 9 heteroatoms. The van der Waals surface area contributed by atoms with Crippen molar-refractivity contribution < 1.29 is 14.4 Å². The fourth-order valence-corrected chi connectivity index (χ4v) is 3.73. The van der Waals surface area contributed by atoms with Crippen LogP contribution in [-0.2, 0) is 4.79 Å². The van der Waals surface area contributed by atoms with Crippen LogP contribution in [0.4, 0.5) is 0 Å². The molecule has 158 valence electrons. The first kappa shape index (κ1) is 20.4. The van der Waals surface area contributed by atoms with Crippen LogP contribution in [0.1, 0.15) is 32.2 Å². The first-order valence-electron chi connectivity index (χ1n) is 9.98. The molecule has 0 saturated carbocycles. The highest BCUT2D eigenvalue weighted by atomic mass is 16.2. The van der Waals surface area contributed by atoms with Gasteiger partial charge in [-0.3, -0.25) is 19.4 Å². The van der Waals surface area contributed by atoms with Gasteiger partial charge in [-0.05, 0) is 26.0 Å². The molecule has 4 rings (SSSR count). The summed E-state index contributed by atoms with van der Waals surface area (Å²) in [5.74, 6) is -1.39. The van der Waals surface area contributed by atoms with Crippen molar-refractivity contribution in [2.45, 2.75) is 13.8 Å². The largest absolute Gasteiger partial charge is 0.334 e. The molecule has 0 spiro atoms. The van der Waals surface area contributed by atoms with Gasteiger partial charge in [0.15, 0.2) is 0 Å². The van der Waals surface area contributed by atoms with Crippen LogP contribution < -0.4 is 0 Å². The Bertz CT molecular complexity index is 1120. The predicted octanol–water partition coefficient (Wildman–Crippen LogP) is 1.45. The number of rotatable bonds is 4. The van der Waals surface area contributed by atoms with Gasteiger partial charge in [0.2, 0.25) is 0 Å². The first-order chi connectivity index (χ1) is 15.0. The topological polar surface area (TPSA) is 101 Å². The zero-order chi connectivity index (χ0) is 22.0. The first-order valence-corrected chi connectivity index (χ1v) is 9.98. The van der Waals surface area contributed by atoms with Gasteiger partial charge in [-0.1, -0.05) is 18.2 Å². The van der Waals surface area contributed by atoms with E-state index in [4.69, 9.17) is 0 Å². The van der Waals surface area contributed by atoms with Crippen LogP contribution in [0.15, 0.2) is 48.9 Å². The Morgan fingerprint density at radius 2 is 1.58 bits per heavy atom. The maximum atomic E-state index is 13.0. The van der Waals surface area contributed by atoms with Gasteiger partial charge in [0, 0.05) is 38.6 Å². The number of hydrogen-bond donors (Lipinski definition) is 0. The van der Waals surface area contributed by atoms with E-state index in [1.54, 1.807) is 23.4 Å². The Balaban J connectivity index is 1.46. The number of piperazine rings is 1. The van der Waals surface area contributed by atoms with Gasteiger partial charge in [0.05, 0.1) is 28.8 Å². The average Bonchev–Trinajstić information content (AvgIpc) is 3.12. The molecule has 0 unspecified atom stereocenters. The quantitative estimate of drug-likeness (QED) is 0.469. The third-order valence-electron chi connectivity index (χ3n) is 5.35. The van der Waals surface area contributed by atoms with E-state index in [9.17, 15) is 14.4 Å². The number of amides is 2. The average molecular weight is 418 g/mol. The second-order valence-corrected chi connectivity index (χ2v) is 7.30. The number of aryl methyl sites for hydroxylation is 1. The lowest BCUT2D eigenvalue weighted by Gasteiger charge is -2.34. The SMILES string of the molecule is Cc1nn(-c2ccccc2)c(C)c1C(=O)C(=O)N1CCN(C(=O)c2cnccn2)CC1. The van der Waals surface area contributed by atoms with E-state index in [0.29, 0.717) is 30.0 Å². The molecule has 1 fully saturated rings. The van der Waals surface area contributed by atoms with Crippen molar-refractivity contribution in [1.82, 2.24) is 29.5 Å². The monoisotopic (exact) mass is 418 g/mol. The van der Waals surface area contributed by atoms with Gasteiger partial charge in [0.25, 0.3) is 17.6 Å². The second-order valence-electron chi connectivity index (χ2n) is 7.30. The van der Waals surface area contributed by atoms with E-state index in [0.717, 1.165) is 5.69 Å². The van der Waals surface area contributed by atoms with E-state index in [-0.39, 0.29) is 24.7 Å². The molecule has 3 heterocycles. The molecule has 0 atom stereocenters. The minimum Gasteiger partial charge on any atom is -0.334 e. The molecule has 31 heavy (non-hydrogen) atoms. The zero-order valence-electron chi connectivity index (χ0n) is 17.4. The highest BCUT2D eigenvalue weighted by Gasteiger charge is 2.32. The number of para-hydroxylation sites is 1. The van der Waals surface area contributed by atoms with Gasteiger partial charge < -0.3 is 9.80 Å². The predicted molar refractivity (Wildman–Crippen MR) is 112 cm³/mol. The Morgan fingerprint density at radius 1 is 0.903 bits per heavy atom. The van der Waals surface area contributed by atoms with Crippen LogP contribution in [0.3, 0.4) is 0 Å². The summed E-state index contributed by atoms with van der Waals surface area (Å²) in [6, 6.07) is 9.46. The molecule has 9 nitrogen and oxygen atoms in total. The van der Waals surface area contributed by atoms with Gasteiger partial charge in [-0.15, -0.1) is 0 Å². The van der Waals surface area contributed by atoms with Crippen molar-refractivity contribution in [2.24, 2.45) is 0 Å². The highest BCUT2D eigenvalue weighted by Crippen LogP contribution is 2.19. The molecule has 0 aliphatic carbocycles. The molecule has 0 N–H and O–H groups in total. The molecule has 1 aromatic carbocycles. The van der Waals surface area contributed by atoms with E-state index < -0.39 is 11.7 Å². The Kier molecular flexibility index (Phi) is 5.57. The molecule has 1 aliphatic heterocycles. The molecule has 3 aromatic rings. The third-order valence-corrected chi connectivity index (χ3v) is 5.35. The molecule has 1 saturated heterocycles. The van der Waals surface area contributed by atoms with Crippen LogP contribution in [0.2, 0.25) is 0 Å². The van der Waals surface area contributed by atoms with Crippen LogP contribution in [0.5, 0.6) is 0 Å². The third kappa shape index (κ3) is 3.94. The molecular weight excluding hydrogens is 396 g/mol. The maximum absolute atomic E-state index is 13.0. The number of aromatic nitrogens is 4. The van der Waals surface area contributed by atoms with Crippen molar-refractivity contribution in [3.8, 4) is 5.69 Å². The van der Waals surface area contributed by atoms with Gasteiger partial charge in [0.1, 0.15) is 5.69 Å². The van der Waals surface area contributed by atoms with E-state index >= 15 is 0 Å². The summed E-state index contributed by atoms with van der Waals surface area (Å²) in [7, 11) is 0. The smallest absolute Gasteiger partial charge is 0.295 e. The van der Waals surface area contributed by atoms with E-state index in [1.807, 2.05) is 30.3 Å². The van der Waals surface area contributed by atoms with Crippen molar-refractivity contribution in [2.75, 3.05) is 26.2 Å². The number of hydrogen-bond acceptors (Lipinski definition) is 6.